The monoisotopic (exact) mass is 307 g/mol. The molecule has 0 saturated carbocycles. The fourth-order valence-electron chi connectivity index (χ4n) is 2.29. The summed E-state index contributed by atoms with van der Waals surface area (Å²) in [6.07, 6.45) is 9.48. The molecule has 1 heterocycles. The van der Waals surface area contributed by atoms with Crippen molar-refractivity contribution < 1.29 is 9.59 Å². The molecule has 0 aliphatic rings. The summed E-state index contributed by atoms with van der Waals surface area (Å²) in [6, 6.07) is 2.99. The van der Waals surface area contributed by atoms with Gasteiger partial charge in [0.1, 0.15) is 6.29 Å². The number of hydrogen-bond donors (Lipinski definition) is 1. The SMILES string of the molecule is NCCCCCCCCN(C=O)c1ccc(=O)n(CC=O)c1. The van der Waals surface area contributed by atoms with E-state index < -0.39 is 0 Å². The summed E-state index contributed by atoms with van der Waals surface area (Å²) < 4.78 is 1.30. The van der Waals surface area contributed by atoms with Gasteiger partial charge < -0.3 is 20.0 Å². The number of amides is 1. The molecule has 0 saturated heterocycles. The van der Waals surface area contributed by atoms with Crippen molar-refractivity contribution in [1.29, 1.82) is 0 Å². The maximum atomic E-state index is 11.5. The molecule has 1 amide bonds. The predicted molar refractivity (Wildman–Crippen MR) is 86.9 cm³/mol. The van der Waals surface area contributed by atoms with E-state index in [4.69, 9.17) is 5.73 Å². The van der Waals surface area contributed by atoms with Crippen molar-refractivity contribution in [2.24, 2.45) is 5.73 Å². The summed E-state index contributed by atoms with van der Waals surface area (Å²) in [5.74, 6) is 0. The Morgan fingerprint density at radius 1 is 1.05 bits per heavy atom. The summed E-state index contributed by atoms with van der Waals surface area (Å²) >= 11 is 0. The Kier molecular flexibility index (Phi) is 8.83. The Bertz CT molecular complexity index is 514. The van der Waals surface area contributed by atoms with E-state index in [2.05, 4.69) is 0 Å². The normalized spacial score (nSPS) is 10.4. The fraction of sp³-hybridized carbons (Fsp3) is 0.562. The largest absolute Gasteiger partial charge is 0.330 e. The zero-order valence-corrected chi connectivity index (χ0v) is 12.9. The molecular weight excluding hydrogens is 282 g/mol. The molecule has 6 heteroatoms. The van der Waals surface area contributed by atoms with Crippen molar-refractivity contribution in [3.8, 4) is 0 Å². The van der Waals surface area contributed by atoms with Crippen LogP contribution < -0.4 is 16.2 Å². The Morgan fingerprint density at radius 3 is 2.36 bits per heavy atom. The van der Waals surface area contributed by atoms with Gasteiger partial charge in [-0.2, -0.15) is 0 Å². The smallest absolute Gasteiger partial charge is 0.251 e. The lowest BCUT2D eigenvalue weighted by Crippen LogP contribution is -2.26. The lowest BCUT2D eigenvalue weighted by Gasteiger charge is -2.18. The Morgan fingerprint density at radius 2 is 1.73 bits per heavy atom. The minimum atomic E-state index is -0.249. The van der Waals surface area contributed by atoms with Gasteiger partial charge in [0.25, 0.3) is 5.56 Å². The van der Waals surface area contributed by atoms with Crippen LogP contribution in [0.2, 0.25) is 0 Å². The molecule has 22 heavy (non-hydrogen) atoms. The number of aldehydes is 1. The number of carbonyl (C=O) groups is 2. The third-order valence-corrected chi connectivity index (χ3v) is 3.55. The van der Waals surface area contributed by atoms with Gasteiger partial charge in [0.15, 0.2) is 0 Å². The third kappa shape index (κ3) is 6.22. The van der Waals surface area contributed by atoms with Gasteiger partial charge in [0.05, 0.1) is 12.2 Å². The van der Waals surface area contributed by atoms with Gasteiger partial charge in [0.2, 0.25) is 6.41 Å². The third-order valence-electron chi connectivity index (χ3n) is 3.55. The average molecular weight is 307 g/mol. The number of nitrogens with two attached hydrogens (primary N) is 1. The number of rotatable bonds is 12. The van der Waals surface area contributed by atoms with E-state index >= 15 is 0 Å². The molecule has 6 nitrogen and oxygen atoms in total. The van der Waals surface area contributed by atoms with Crippen molar-refractivity contribution >= 4 is 18.4 Å². The number of anilines is 1. The van der Waals surface area contributed by atoms with Gasteiger partial charge in [-0.3, -0.25) is 9.59 Å². The molecule has 0 fully saturated rings. The number of unbranched alkanes of at least 4 members (excludes halogenated alkanes) is 5. The highest BCUT2D eigenvalue weighted by atomic mass is 16.1. The predicted octanol–water partition coefficient (Wildman–Crippen LogP) is 1.31. The van der Waals surface area contributed by atoms with E-state index in [0.717, 1.165) is 45.1 Å². The minimum Gasteiger partial charge on any atom is -0.330 e. The second-order valence-corrected chi connectivity index (χ2v) is 5.25. The first-order valence-corrected chi connectivity index (χ1v) is 7.79. The van der Waals surface area contributed by atoms with Gasteiger partial charge >= 0.3 is 0 Å². The molecule has 1 aromatic rings. The number of pyridine rings is 1. The highest BCUT2D eigenvalue weighted by molar-refractivity contribution is 5.74. The van der Waals surface area contributed by atoms with E-state index in [1.165, 1.54) is 17.1 Å². The number of nitrogens with zero attached hydrogens (tertiary/aromatic N) is 2. The van der Waals surface area contributed by atoms with Gasteiger partial charge in [-0.1, -0.05) is 25.7 Å². The summed E-state index contributed by atoms with van der Waals surface area (Å²) in [7, 11) is 0. The van der Waals surface area contributed by atoms with Crippen LogP contribution in [0.1, 0.15) is 38.5 Å². The summed E-state index contributed by atoms with van der Waals surface area (Å²) in [4.78, 5) is 34.9. The Hall–Kier alpha value is -1.95. The molecule has 1 rings (SSSR count). The van der Waals surface area contributed by atoms with Crippen LogP contribution in [0.4, 0.5) is 5.69 Å². The quantitative estimate of drug-likeness (QED) is 0.466. The Labute approximate surface area is 130 Å². The zero-order valence-electron chi connectivity index (χ0n) is 12.9. The van der Waals surface area contributed by atoms with Crippen molar-refractivity contribution in [3.63, 3.8) is 0 Å². The number of hydrogen-bond acceptors (Lipinski definition) is 4. The molecule has 0 bridgehead atoms. The van der Waals surface area contributed by atoms with Crippen molar-refractivity contribution in [2.75, 3.05) is 18.0 Å². The van der Waals surface area contributed by atoms with Gasteiger partial charge in [-0.25, -0.2) is 0 Å². The zero-order chi connectivity index (χ0) is 16.2. The van der Waals surface area contributed by atoms with Crippen LogP contribution in [0, 0.1) is 0 Å². The second-order valence-electron chi connectivity index (χ2n) is 5.25. The average Bonchev–Trinajstić information content (AvgIpc) is 2.53. The lowest BCUT2D eigenvalue weighted by molar-refractivity contribution is -0.108. The number of carbonyl (C=O) groups excluding carboxylic acids is 2. The van der Waals surface area contributed by atoms with Crippen LogP contribution in [-0.2, 0) is 16.1 Å². The molecule has 122 valence electrons. The molecule has 0 unspecified atom stereocenters. The van der Waals surface area contributed by atoms with E-state index in [1.54, 1.807) is 17.2 Å². The van der Waals surface area contributed by atoms with E-state index in [1.807, 2.05) is 0 Å². The first-order valence-electron chi connectivity index (χ1n) is 7.79. The molecule has 1 aromatic heterocycles. The molecule has 0 spiro atoms. The van der Waals surface area contributed by atoms with Crippen molar-refractivity contribution in [3.05, 3.63) is 28.7 Å². The van der Waals surface area contributed by atoms with Crippen LogP contribution in [0.3, 0.4) is 0 Å². The van der Waals surface area contributed by atoms with Crippen LogP contribution >= 0.6 is 0 Å². The van der Waals surface area contributed by atoms with Crippen molar-refractivity contribution in [1.82, 2.24) is 4.57 Å². The molecule has 0 radical (unpaired) electrons. The van der Waals surface area contributed by atoms with Crippen LogP contribution in [0.15, 0.2) is 23.1 Å². The highest BCUT2D eigenvalue weighted by Gasteiger charge is 2.07. The molecule has 0 aromatic carbocycles. The van der Waals surface area contributed by atoms with Gasteiger partial charge in [-0.05, 0) is 25.5 Å². The number of aromatic nitrogens is 1. The van der Waals surface area contributed by atoms with E-state index in [-0.39, 0.29) is 12.1 Å². The van der Waals surface area contributed by atoms with Crippen LogP contribution in [0.25, 0.3) is 0 Å². The maximum Gasteiger partial charge on any atom is 0.251 e. The first kappa shape index (κ1) is 18.1. The van der Waals surface area contributed by atoms with E-state index in [0.29, 0.717) is 18.5 Å². The molecular formula is C16H25N3O3. The van der Waals surface area contributed by atoms with Crippen LogP contribution in [-0.4, -0.2) is 30.4 Å². The fourth-order valence-corrected chi connectivity index (χ4v) is 2.29. The summed E-state index contributed by atoms with van der Waals surface area (Å²) in [6.45, 7) is 1.36. The maximum absolute atomic E-state index is 11.5. The summed E-state index contributed by atoms with van der Waals surface area (Å²) in [5.41, 5.74) is 5.83. The highest BCUT2D eigenvalue weighted by Crippen LogP contribution is 2.12. The van der Waals surface area contributed by atoms with Crippen molar-refractivity contribution in [2.45, 2.75) is 45.1 Å². The topological polar surface area (TPSA) is 85.4 Å². The molecule has 0 aliphatic heterocycles. The molecule has 0 aliphatic carbocycles. The Balaban J connectivity index is 2.47. The second kappa shape index (κ2) is 10.7. The minimum absolute atomic E-state index is 0.000509. The summed E-state index contributed by atoms with van der Waals surface area (Å²) in [5, 5.41) is 0. The standard InChI is InChI=1S/C16H25N3O3/c17-9-5-3-1-2-4-6-10-19(14-21)15-7-8-16(22)18(13-15)11-12-20/h7-8,12-14H,1-6,9-11,17H2. The van der Waals surface area contributed by atoms with E-state index in [9.17, 15) is 14.4 Å². The van der Waals surface area contributed by atoms with Crippen LogP contribution in [0.5, 0.6) is 0 Å². The van der Waals surface area contributed by atoms with Gasteiger partial charge in [-0.15, -0.1) is 0 Å². The first-order chi connectivity index (χ1) is 10.7. The molecule has 0 atom stereocenters. The van der Waals surface area contributed by atoms with Gasteiger partial charge in [0, 0.05) is 18.8 Å². The lowest BCUT2D eigenvalue weighted by atomic mass is 10.1. The molecule has 2 N–H and O–H groups in total.